The van der Waals surface area contributed by atoms with Gasteiger partial charge in [0.1, 0.15) is 16.7 Å². The van der Waals surface area contributed by atoms with Gasteiger partial charge in [-0.3, -0.25) is 0 Å². The minimum absolute atomic E-state index is 0.574. The molecule has 0 saturated heterocycles. The van der Waals surface area contributed by atoms with Gasteiger partial charge in [-0.15, -0.1) is 0 Å². The maximum Gasteiger partial charge on any atom is 0.228 e. The van der Waals surface area contributed by atoms with Crippen LogP contribution in [0, 0.1) is 0 Å². The van der Waals surface area contributed by atoms with Crippen LogP contribution in [0.25, 0.3) is 77.5 Å². The summed E-state index contributed by atoms with van der Waals surface area (Å²) in [6, 6.07) is 63.5. The fourth-order valence-electron chi connectivity index (χ4n) is 7.34. The number of benzene rings is 8. The average molecular weight is 655 g/mol. The van der Waals surface area contributed by atoms with Crippen molar-refractivity contribution in [2.24, 2.45) is 0 Å². The van der Waals surface area contributed by atoms with Crippen LogP contribution in [0.5, 0.6) is 0 Å². The van der Waals surface area contributed by atoms with Gasteiger partial charge in [-0.05, 0) is 88.1 Å². The lowest BCUT2D eigenvalue weighted by molar-refractivity contribution is 0.620. The van der Waals surface area contributed by atoms with E-state index in [1.54, 1.807) is 0 Å². The molecule has 10 aromatic rings. The van der Waals surface area contributed by atoms with Crippen molar-refractivity contribution >= 4 is 60.9 Å². The van der Waals surface area contributed by atoms with Crippen LogP contribution in [0.3, 0.4) is 0 Å². The second-order valence-electron chi connectivity index (χ2n) is 12.7. The van der Waals surface area contributed by atoms with Gasteiger partial charge in [0.25, 0.3) is 0 Å². The van der Waals surface area contributed by atoms with Crippen molar-refractivity contribution in [2.45, 2.75) is 0 Å². The van der Waals surface area contributed by atoms with Gasteiger partial charge in [0.15, 0.2) is 5.58 Å². The van der Waals surface area contributed by atoms with E-state index in [1.807, 2.05) is 36.4 Å². The Labute approximate surface area is 294 Å². The fourth-order valence-corrected chi connectivity index (χ4v) is 7.34. The summed E-state index contributed by atoms with van der Waals surface area (Å²) >= 11 is 0. The highest BCUT2D eigenvalue weighted by atomic mass is 16.3. The Morgan fingerprint density at radius 2 is 1.08 bits per heavy atom. The second-order valence-corrected chi connectivity index (χ2v) is 12.7. The van der Waals surface area contributed by atoms with Crippen LogP contribution in [0.4, 0.5) is 17.1 Å². The zero-order valence-electron chi connectivity index (χ0n) is 27.5. The number of fused-ring (bicyclic) bond motifs is 5. The molecule has 240 valence electrons. The first kappa shape index (κ1) is 29.0. The van der Waals surface area contributed by atoms with Crippen LogP contribution in [0.2, 0.25) is 0 Å². The van der Waals surface area contributed by atoms with E-state index in [-0.39, 0.29) is 0 Å². The van der Waals surface area contributed by atoms with Gasteiger partial charge in [0, 0.05) is 33.3 Å². The molecule has 0 N–H and O–H groups in total. The highest BCUT2D eigenvalue weighted by molar-refractivity contribution is 6.13. The van der Waals surface area contributed by atoms with E-state index in [9.17, 15) is 0 Å². The molecule has 0 bridgehead atoms. The Morgan fingerprint density at radius 1 is 0.412 bits per heavy atom. The van der Waals surface area contributed by atoms with E-state index in [2.05, 4.69) is 150 Å². The Bertz CT molecular complexity index is 2830. The molecular weight excluding hydrogens is 625 g/mol. The van der Waals surface area contributed by atoms with Gasteiger partial charge in [0.2, 0.25) is 5.89 Å². The highest BCUT2D eigenvalue weighted by Gasteiger charge is 2.21. The number of aromatic nitrogens is 1. The van der Waals surface area contributed by atoms with Crippen LogP contribution >= 0.6 is 0 Å². The summed E-state index contributed by atoms with van der Waals surface area (Å²) in [6.07, 6.45) is 0. The van der Waals surface area contributed by atoms with Crippen molar-refractivity contribution in [1.82, 2.24) is 4.98 Å². The lowest BCUT2D eigenvalue weighted by Gasteiger charge is -2.28. The third kappa shape index (κ3) is 4.96. The number of anilines is 3. The lowest BCUT2D eigenvalue weighted by Crippen LogP contribution is -2.11. The van der Waals surface area contributed by atoms with Crippen molar-refractivity contribution < 1.29 is 8.83 Å². The average Bonchev–Trinajstić information content (AvgIpc) is 3.80. The molecule has 4 heteroatoms. The number of nitrogens with zero attached hydrogens (tertiary/aromatic N) is 2. The summed E-state index contributed by atoms with van der Waals surface area (Å²) in [5.41, 5.74) is 11.9. The molecule has 8 aromatic carbocycles. The lowest BCUT2D eigenvalue weighted by atomic mass is 9.97. The Hall–Kier alpha value is -6.91. The highest BCUT2D eigenvalue weighted by Crippen LogP contribution is 2.44. The maximum absolute atomic E-state index is 6.44. The molecule has 0 spiro atoms. The first-order valence-electron chi connectivity index (χ1n) is 17.1. The summed E-state index contributed by atoms with van der Waals surface area (Å²) in [5.74, 6) is 0.574. The van der Waals surface area contributed by atoms with Gasteiger partial charge in [0.05, 0.1) is 5.69 Å². The first-order chi connectivity index (χ1) is 25.3. The van der Waals surface area contributed by atoms with E-state index in [0.29, 0.717) is 5.89 Å². The summed E-state index contributed by atoms with van der Waals surface area (Å²) in [4.78, 5) is 7.19. The molecule has 2 heterocycles. The molecule has 51 heavy (non-hydrogen) atoms. The fraction of sp³-hybridized carbons (Fsp3) is 0. The minimum Gasteiger partial charge on any atom is -0.456 e. The second kappa shape index (κ2) is 11.9. The molecule has 2 aromatic heterocycles. The molecule has 4 nitrogen and oxygen atoms in total. The summed E-state index contributed by atoms with van der Waals surface area (Å²) in [5, 5.41) is 4.44. The maximum atomic E-state index is 6.44. The predicted octanol–water partition coefficient (Wildman–Crippen LogP) is 13.4. The summed E-state index contributed by atoms with van der Waals surface area (Å²) in [6.45, 7) is 0. The van der Waals surface area contributed by atoms with Gasteiger partial charge < -0.3 is 13.7 Å². The molecular formula is C47H30N2O2. The van der Waals surface area contributed by atoms with E-state index < -0.39 is 0 Å². The first-order valence-corrected chi connectivity index (χ1v) is 17.1. The molecule has 0 amide bonds. The van der Waals surface area contributed by atoms with Crippen LogP contribution in [0.15, 0.2) is 191 Å². The third-order valence-electron chi connectivity index (χ3n) is 9.72. The van der Waals surface area contributed by atoms with E-state index >= 15 is 0 Å². The van der Waals surface area contributed by atoms with Crippen molar-refractivity contribution in [2.75, 3.05) is 4.90 Å². The van der Waals surface area contributed by atoms with Crippen molar-refractivity contribution in [3.05, 3.63) is 182 Å². The van der Waals surface area contributed by atoms with Crippen LogP contribution < -0.4 is 4.90 Å². The number of para-hydroxylation sites is 3. The SMILES string of the molecule is c1ccc(-c2ccccc2N(c2ccc(-c3cccc4ccccc34)cc2)c2ccc3oc4cccc(-c5nc6ccccc6o5)c4c3c2)cc1. The molecule has 0 aliphatic heterocycles. The molecule has 0 radical (unpaired) electrons. The monoisotopic (exact) mass is 654 g/mol. The largest absolute Gasteiger partial charge is 0.456 e. The summed E-state index contributed by atoms with van der Waals surface area (Å²) in [7, 11) is 0. The van der Waals surface area contributed by atoms with Crippen LogP contribution in [-0.4, -0.2) is 4.98 Å². The van der Waals surface area contributed by atoms with Crippen molar-refractivity contribution in [3.63, 3.8) is 0 Å². The third-order valence-corrected chi connectivity index (χ3v) is 9.72. The van der Waals surface area contributed by atoms with Gasteiger partial charge in [-0.1, -0.05) is 121 Å². The number of furan rings is 1. The quantitative estimate of drug-likeness (QED) is 0.179. The number of oxazole rings is 1. The zero-order valence-corrected chi connectivity index (χ0v) is 27.5. The van der Waals surface area contributed by atoms with Crippen LogP contribution in [-0.2, 0) is 0 Å². The Balaban J connectivity index is 1.17. The van der Waals surface area contributed by atoms with Crippen molar-refractivity contribution in [3.8, 4) is 33.7 Å². The van der Waals surface area contributed by atoms with Gasteiger partial charge >= 0.3 is 0 Å². The smallest absolute Gasteiger partial charge is 0.228 e. The standard InChI is InChI=1S/C47H30N2O2/c1-2-12-32(13-3-1)38-17-6-8-21-42(38)49(34-26-24-33(25-27-34)37-18-10-15-31-14-4-5-16-36(31)37)35-28-29-43-40(30-35)46-39(19-11-23-45(46)50-43)47-48-41-20-7-9-22-44(41)51-47/h1-30H. The molecule has 10 rings (SSSR count). The topological polar surface area (TPSA) is 42.4 Å². The molecule has 0 unspecified atom stereocenters. The summed E-state index contributed by atoms with van der Waals surface area (Å²) < 4.78 is 12.7. The Kier molecular flexibility index (Phi) is 6.78. The number of rotatable bonds is 6. The Morgan fingerprint density at radius 3 is 1.98 bits per heavy atom. The van der Waals surface area contributed by atoms with E-state index in [0.717, 1.165) is 66.8 Å². The molecule has 0 saturated carbocycles. The molecule has 0 atom stereocenters. The zero-order chi connectivity index (χ0) is 33.7. The van der Waals surface area contributed by atoms with E-state index in [4.69, 9.17) is 13.8 Å². The number of hydrogen-bond donors (Lipinski definition) is 0. The van der Waals surface area contributed by atoms with E-state index in [1.165, 1.54) is 21.9 Å². The minimum atomic E-state index is 0.574. The van der Waals surface area contributed by atoms with Gasteiger partial charge in [-0.2, -0.15) is 0 Å². The molecule has 0 fully saturated rings. The normalized spacial score (nSPS) is 11.5. The van der Waals surface area contributed by atoms with Crippen LogP contribution in [0.1, 0.15) is 0 Å². The molecule has 0 aliphatic rings. The predicted molar refractivity (Wildman–Crippen MR) is 210 cm³/mol. The van der Waals surface area contributed by atoms with Gasteiger partial charge in [-0.25, -0.2) is 4.98 Å². The van der Waals surface area contributed by atoms with Crippen molar-refractivity contribution in [1.29, 1.82) is 0 Å². The number of hydrogen-bond acceptors (Lipinski definition) is 4. The molecule has 0 aliphatic carbocycles.